The summed E-state index contributed by atoms with van der Waals surface area (Å²) in [4.78, 5) is 11.4. The minimum atomic E-state index is -0.477. The lowest BCUT2D eigenvalue weighted by atomic mass is 10.2. The Morgan fingerprint density at radius 1 is 1.10 bits per heavy atom. The third kappa shape index (κ3) is 13.4. The maximum atomic E-state index is 11.4. The molecule has 118 valence electrons. The van der Waals surface area contributed by atoms with Gasteiger partial charge in [-0.3, -0.25) is 0 Å². The minimum absolute atomic E-state index is 0.421. The molecular weight excluding hydrogens is 278 g/mol. The molecular formula is C13H27N3O3S. The van der Waals surface area contributed by atoms with E-state index in [-0.39, 0.29) is 0 Å². The zero-order valence-corrected chi connectivity index (χ0v) is 13.7. The summed E-state index contributed by atoms with van der Waals surface area (Å²) < 4.78 is 10.3. The van der Waals surface area contributed by atoms with Gasteiger partial charge in [-0.15, -0.1) is 0 Å². The average Bonchev–Trinajstić information content (AvgIpc) is 2.32. The van der Waals surface area contributed by atoms with Crippen LogP contribution in [0.5, 0.6) is 0 Å². The van der Waals surface area contributed by atoms with Crippen LogP contribution < -0.4 is 16.0 Å². The highest BCUT2D eigenvalue weighted by Crippen LogP contribution is 2.05. The van der Waals surface area contributed by atoms with E-state index in [0.717, 1.165) is 26.2 Å². The lowest BCUT2D eigenvalue weighted by molar-refractivity contribution is 0.0529. The summed E-state index contributed by atoms with van der Waals surface area (Å²) >= 11 is 5.09. The maximum Gasteiger partial charge on any atom is 0.407 e. The molecule has 0 aliphatic carbocycles. The van der Waals surface area contributed by atoms with E-state index in [0.29, 0.717) is 18.2 Å². The summed E-state index contributed by atoms with van der Waals surface area (Å²) in [6, 6.07) is 0. The molecule has 0 aromatic carbocycles. The number of hydrogen-bond donors (Lipinski definition) is 3. The van der Waals surface area contributed by atoms with Crippen molar-refractivity contribution in [3.05, 3.63) is 0 Å². The number of carbonyl (C=O) groups is 1. The number of ether oxygens (including phenoxy) is 2. The fraction of sp³-hybridized carbons (Fsp3) is 0.846. The highest BCUT2D eigenvalue weighted by Gasteiger charge is 2.15. The van der Waals surface area contributed by atoms with E-state index < -0.39 is 11.7 Å². The van der Waals surface area contributed by atoms with Crippen LogP contribution in [0.1, 0.15) is 34.1 Å². The van der Waals surface area contributed by atoms with Crippen molar-refractivity contribution in [1.29, 1.82) is 0 Å². The van der Waals surface area contributed by atoms with Gasteiger partial charge in [0, 0.05) is 32.8 Å². The van der Waals surface area contributed by atoms with E-state index in [2.05, 4.69) is 16.0 Å². The molecule has 0 aromatic rings. The summed E-state index contributed by atoms with van der Waals surface area (Å²) in [6.07, 6.45) is 0.487. The molecule has 1 amide bonds. The van der Waals surface area contributed by atoms with Crippen molar-refractivity contribution in [3.8, 4) is 0 Å². The molecule has 0 saturated heterocycles. The highest BCUT2D eigenvalue weighted by molar-refractivity contribution is 7.80. The zero-order valence-electron chi connectivity index (χ0n) is 12.9. The minimum Gasteiger partial charge on any atom is -0.444 e. The van der Waals surface area contributed by atoms with Gasteiger partial charge >= 0.3 is 6.09 Å². The first-order valence-corrected chi connectivity index (χ1v) is 7.32. The third-order valence-electron chi connectivity index (χ3n) is 2.03. The van der Waals surface area contributed by atoms with Gasteiger partial charge in [0.2, 0.25) is 0 Å². The van der Waals surface area contributed by atoms with Gasteiger partial charge < -0.3 is 25.4 Å². The standard InChI is InChI=1S/C13H27N3O3S/c1-5-18-10-6-7-14-11(20)15-8-9-16-12(17)19-13(2,3)4/h5-10H2,1-4H3,(H,16,17)(H2,14,15,20). The monoisotopic (exact) mass is 305 g/mol. The van der Waals surface area contributed by atoms with Crippen LogP contribution in [0.3, 0.4) is 0 Å². The first-order valence-electron chi connectivity index (χ1n) is 6.91. The third-order valence-corrected chi connectivity index (χ3v) is 2.32. The fourth-order valence-electron chi connectivity index (χ4n) is 1.24. The second-order valence-corrected chi connectivity index (χ2v) is 5.57. The molecule has 0 spiro atoms. The summed E-state index contributed by atoms with van der Waals surface area (Å²) in [6.45, 7) is 10.7. The van der Waals surface area contributed by atoms with Gasteiger partial charge in [0.25, 0.3) is 0 Å². The predicted octanol–water partition coefficient (Wildman–Crippen LogP) is 1.40. The highest BCUT2D eigenvalue weighted by atomic mass is 32.1. The van der Waals surface area contributed by atoms with Gasteiger partial charge in [0.15, 0.2) is 5.11 Å². The molecule has 6 nitrogen and oxygen atoms in total. The first kappa shape index (κ1) is 18.9. The lowest BCUT2D eigenvalue weighted by Gasteiger charge is -2.19. The second kappa shape index (κ2) is 10.7. The SMILES string of the molecule is CCOCCCNC(=S)NCCNC(=O)OC(C)(C)C. The van der Waals surface area contributed by atoms with Crippen LogP contribution >= 0.6 is 12.2 Å². The van der Waals surface area contributed by atoms with Crippen molar-refractivity contribution in [2.75, 3.05) is 32.8 Å². The van der Waals surface area contributed by atoms with Crippen LogP contribution in [0.4, 0.5) is 4.79 Å². The molecule has 0 aliphatic heterocycles. The Morgan fingerprint density at radius 3 is 2.30 bits per heavy atom. The van der Waals surface area contributed by atoms with Crippen LogP contribution in [-0.2, 0) is 9.47 Å². The predicted molar refractivity (Wildman–Crippen MR) is 84.0 cm³/mol. The molecule has 0 unspecified atom stereocenters. The Kier molecular flexibility index (Phi) is 10.1. The van der Waals surface area contributed by atoms with Gasteiger partial charge in [0.05, 0.1) is 0 Å². The molecule has 20 heavy (non-hydrogen) atoms. The summed E-state index contributed by atoms with van der Waals surface area (Å²) in [5, 5.41) is 9.29. The van der Waals surface area contributed by atoms with Crippen molar-refractivity contribution in [2.24, 2.45) is 0 Å². The zero-order chi connectivity index (χ0) is 15.4. The molecule has 0 heterocycles. The van der Waals surface area contributed by atoms with Gasteiger partial charge in [-0.25, -0.2) is 4.79 Å². The van der Waals surface area contributed by atoms with E-state index in [4.69, 9.17) is 21.7 Å². The molecule has 0 radical (unpaired) electrons. The topological polar surface area (TPSA) is 71.6 Å². The van der Waals surface area contributed by atoms with Crippen molar-refractivity contribution in [1.82, 2.24) is 16.0 Å². The first-order chi connectivity index (χ1) is 9.35. The Labute approximate surface area is 127 Å². The molecule has 7 heteroatoms. The van der Waals surface area contributed by atoms with E-state index in [1.54, 1.807) is 0 Å². The smallest absolute Gasteiger partial charge is 0.407 e. The number of thiocarbonyl (C=S) groups is 1. The van der Waals surface area contributed by atoms with Gasteiger partial charge in [-0.2, -0.15) is 0 Å². The van der Waals surface area contributed by atoms with Crippen LogP contribution in [0.2, 0.25) is 0 Å². The Bertz CT molecular complexity index is 293. The normalized spacial score (nSPS) is 10.8. The lowest BCUT2D eigenvalue weighted by Crippen LogP contribution is -2.41. The number of alkyl carbamates (subject to hydrolysis) is 1. The molecule has 0 rings (SSSR count). The van der Waals surface area contributed by atoms with Crippen molar-refractivity contribution < 1.29 is 14.3 Å². The van der Waals surface area contributed by atoms with E-state index in [1.807, 2.05) is 27.7 Å². The number of rotatable bonds is 8. The Balaban J connectivity index is 3.46. The van der Waals surface area contributed by atoms with Crippen molar-refractivity contribution in [2.45, 2.75) is 39.7 Å². The number of hydrogen-bond acceptors (Lipinski definition) is 4. The molecule has 0 aliphatic rings. The van der Waals surface area contributed by atoms with Crippen LogP contribution in [0, 0.1) is 0 Å². The Hall–Kier alpha value is -1.08. The fourth-order valence-corrected chi connectivity index (χ4v) is 1.44. The number of amides is 1. The van der Waals surface area contributed by atoms with Crippen molar-refractivity contribution >= 4 is 23.4 Å². The van der Waals surface area contributed by atoms with Crippen LogP contribution in [-0.4, -0.2) is 49.7 Å². The second-order valence-electron chi connectivity index (χ2n) is 5.16. The number of carbonyl (C=O) groups excluding carboxylic acids is 1. The van der Waals surface area contributed by atoms with E-state index >= 15 is 0 Å². The number of nitrogens with one attached hydrogen (secondary N) is 3. The molecule has 0 atom stereocenters. The summed E-state index contributed by atoms with van der Waals surface area (Å²) in [5.41, 5.74) is -0.477. The van der Waals surface area contributed by atoms with Gasteiger partial charge in [0.1, 0.15) is 5.60 Å². The molecule has 0 fully saturated rings. The maximum absolute atomic E-state index is 11.4. The van der Waals surface area contributed by atoms with Gasteiger partial charge in [-0.05, 0) is 46.3 Å². The average molecular weight is 305 g/mol. The molecule has 0 aromatic heterocycles. The van der Waals surface area contributed by atoms with Crippen LogP contribution in [0.15, 0.2) is 0 Å². The summed E-state index contributed by atoms with van der Waals surface area (Å²) in [5.74, 6) is 0. The van der Waals surface area contributed by atoms with Crippen LogP contribution in [0.25, 0.3) is 0 Å². The van der Waals surface area contributed by atoms with E-state index in [9.17, 15) is 4.79 Å². The molecule has 3 N–H and O–H groups in total. The summed E-state index contributed by atoms with van der Waals surface area (Å²) in [7, 11) is 0. The molecule has 0 saturated carbocycles. The molecule has 0 bridgehead atoms. The van der Waals surface area contributed by atoms with Crippen molar-refractivity contribution in [3.63, 3.8) is 0 Å². The van der Waals surface area contributed by atoms with Gasteiger partial charge in [-0.1, -0.05) is 0 Å². The quantitative estimate of drug-likeness (QED) is 0.465. The Morgan fingerprint density at radius 2 is 1.70 bits per heavy atom. The van der Waals surface area contributed by atoms with E-state index in [1.165, 1.54) is 0 Å². The largest absolute Gasteiger partial charge is 0.444 e.